The van der Waals surface area contributed by atoms with E-state index in [0.29, 0.717) is 5.56 Å². The first-order valence-corrected chi connectivity index (χ1v) is 5.59. The summed E-state index contributed by atoms with van der Waals surface area (Å²) in [4.78, 5) is 2.88. The average molecular weight is 213 g/mol. The highest BCUT2D eigenvalue weighted by Gasteiger charge is 2.12. The summed E-state index contributed by atoms with van der Waals surface area (Å²) in [6.07, 6.45) is 1.52. The molecule has 5 heteroatoms. The van der Waals surface area contributed by atoms with Crippen molar-refractivity contribution in [1.82, 2.24) is 4.98 Å². The van der Waals surface area contributed by atoms with Gasteiger partial charge in [0.25, 0.3) is 0 Å². The fraction of sp³-hybridized carbons (Fsp3) is 0.111. The summed E-state index contributed by atoms with van der Waals surface area (Å²) in [6.45, 7) is 0. The van der Waals surface area contributed by atoms with E-state index in [0.717, 1.165) is 10.9 Å². The van der Waals surface area contributed by atoms with Gasteiger partial charge >= 0.3 is 10.2 Å². The van der Waals surface area contributed by atoms with E-state index < -0.39 is 16.0 Å². The van der Waals surface area contributed by atoms with Crippen molar-refractivity contribution >= 4 is 21.1 Å². The lowest BCUT2D eigenvalue weighted by atomic mass is 10.2. The number of fused-ring (bicyclic) bond motifs is 1. The van der Waals surface area contributed by atoms with Crippen LogP contribution < -0.4 is 0 Å². The quantitative estimate of drug-likeness (QED) is 0.775. The fourth-order valence-electron chi connectivity index (χ4n) is 1.44. The van der Waals surface area contributed by atoms with Crippen LogP contribution in [0.4, 0.5) is 3.89 Å². The second kappa shape index (κ2) is 3.09. The van der Waals surface area contributed by atoms with Gasteiger partial charge in [0.15, 0.2) is 0 Å². The fourth-order valence-corrected chi connectivity index (χ4v) is 2.05. The highest BCUT2D eigenvalue weighted by atomic mass is 32.3. The first-order chi connectivity index (χ1) is 6.56. The van der Waals surface area contributed by atoms with E-state index in [2.05, 4.69) is 4.98 Å². The molecule has 1 heterocycles. The third-order valence-electron chi connectivity index (χ3n) is 2.00. The van der Waals surface area contributed by atoms with Crippen LogP contribution in [0.1, 0.15) is 5.56 Å². The zero-order chi connectivity index (χ0) is 10.2. The van der Waals surface area contributed by atoms with E-state index in [1.807, 2.05) is 12.1 Å². The van der Waals surface area contributed by atoms with Gasteiger partial charge in [0, 0.05) is 17.1 Å². The molecule has 1 aromatic carbocycles. The van der Waals surface area contributed by atoms with Crippen LogP contribution in [-0.4, -0.2) is 13.4 Å². The number of benzene rings is 1. The van der Waals surface area contributed by atoms with Crippen LogP contribution in [0, 0.1) is 0 Å². The molecule has 0 fully saturated rings. The predicted octanol–water partition coefficient (Wildman–Crippen LogP) is 1.97. The Morgan fingerprint density at radius 1 is 1.29 bits per heavy atom. The molecule has 3 nitrogen and oxygen atoms in total. The molecule has 2 aromatic rings. The molecule has 1 aromatic heterocycles. The molecule has 0 radical (unpaired) electrons. The molecule has 0 aliphatic carbocycles. The summed E-state index contributed by atoms with van der Waals surface area (Å²) in [5.74, 6) is -0.572. The topological polar surface area (TPSA) is 49.9 Å². The molecule has 0 amide bonds. The minimum atomic E-state index is -4.46. The smallest absolute Gasteiger partial charge is 0.306 e. The maximum absolute atomic E-state index is 12.4. The van der Waals surface area contributed by atoms with Gasteiger partial charge in [-0.2, -0.15) is 8.42 Å². The number of H-pyrrole nitrogens is 1. The first kappa shape index (κ1) is 9.21. The van der Waals surface area contributed by atoms with Crippen molar-refractivity contribution < 1.29 is 12.3 Å². The number of aromatic nitrogens is 1. The normalized spacial score (nSPS) is 12.1. The summed E-state index contributed by atoms with van der Waals surface area (Å²) in [5.41, 5.74) is 1.27. The second-order valence-electron chi connectivity index (χ2n) is 3.04. The van der Waals surface area contributed by atoms with Crippen LogP contribution in [0.25, 0.3) is 10.9 Å². The Morgan fingerprint density at radius 3 is 2.71 bits per heavy atom. The number of para-hydroxylation sites is 1. The van der Waals surface area contributed by atoms with Gasteiger partial charge in [-0.25, -0.2) is 0 Å². The van der Waals surface area contributed by atoms with Crippen LogP contribution in [0.15, 0.2) is 30.5 Å². The van der Waals surface area contributed by atoms with Gasteiger partial charge in [0.05, 0.1) is 0 Å². The standard InChI is InChI=1S/C9H8FNO2S/c10-14(12,13)6-7-5-11-9-4-2-1-3-8(7)9/h1-5,11H,6H2. The van der Waals surface area contributed by atoms with E-state index in [1.54, 1.807) is 12.1 Å². The van der Waals surface area contributed by atoms with Crippen LogP contribution in [-0.2, 0) is 16.0 Å². The molecule has 0 aliphatic rings. The summed E-state index contributed by atoms with van der Waals surface area (Å²) in [7, 11) is -4.46. The minimum absolute atomic E-state index is 0.461. The van der Waals surface area contributed by atoms with Crippen molar-refractivity contribution in [2.24, 2.45) is 0 Å². The van der Waals surface area contributed by atoms with Crippen molar-refractivity contribution in [3.05, 3.63) is 36.0 Å². The first-order valence-electron chi connectivity index (χ1n) is 4.03. The third kappa shape index (κ3) is 1.77. The van der Waals surface area contributed by atoms with Crippen LogP contribution >= 0.6 is 0 Å². The molecule has 0 saturated heterocycles. The van der Waals surface area contributed by atoms with Gasteiger partial charge < -0.3 is 4.98 Å². The second-order valence-corrected chi connectivity index (χ2v) is 4.41. The van der Waals surface area contributed by atoms with E-state index in [1.165, 1.54) is 6.20 Å². The van der Waals surface area contributed by atoms with Crippen molar-refractivity contribution in [2.75, 3.05) is 0 Å². The summed E-state index contributed by atoms with van der Waals surface area (Å²) in [5, 5.41) is 0.744. The Bertz CT molecular complexity index is 559. The molecule has 14 heavy (non-hydrogen) atoms. The van der Waals surface area contributed by atoms with Crippen LogP contribution in [0.3, 0.4) is 0 Å². The lowest BCUT2D eigenvalue weighted by Crippen LogP contribution is -1.94. The SMILES string of the molecule is O=S(=O)(F)Cc1c[nH]c2ccccc12. The summed E-state index contributed by atoms with van der Waals surface area (Å²) in [6, 6.07) is 7.17. The number of nitrogens with one attached hydrogen (secondary N) is 1. The predicted molar refractivity (Wildman–Crippen MR) is 52.0 cm³/mol. The number of rotatable bonds is 2. The molecule has 0 spiro atoms. The van der Waals surface area contributed by atoms with Crippen LogP contribution in [0.5, 0.6) is 0 Å². The Labute approximate surface area is 80.8 Å². The summed E-state index contributed by atoms with van der Waals surface area (Å²) >= 11 is 0. The van der Waals surface area contributed by atoms with Crippen molar-refractivity contribution in [3.8, 4) is 0 Å². The largest absolute Gasteiger partial charge is 0.361 e. The molecule has 0 saturated carbocycles. The van der Waals surface area contributed by atoms with Crippen molar-refractivity contribution in [3.63, 3.8) is 0 Å². The number of halogens is 1. The third-order valence-corrected chi connectivity index (χ3v) is 2.66. The van der Waals surface area contributed by atoms with Gasteiger partial charge in [0.1, 0.15) is 5.75 Å². The molecule has 74 valence electrons. The van der Waals surface area contributed by atoms with Crippen LogP contribution in [0.2, 0.25) is 0 Å². The average Bonchev–Trinajstić information content (AvgIpc) is 2.47. The van der Waals surface area contributed by atoms with Gasteiger partial charge in [-0.15, -0.1) is 3.89 Å². The van der Waals surface area contributed by atoms with Gasteiger partial charge in [-0.3, -0.25) is 0 Å². The van der Waals surface area contributed by atoms with Crippen molar-refractivity contribution in [1.29, 1.82) is 0 Å². The molecular weight excluding hydrogens is 205 g/mol. The van der Waals surface area contributed by atoms with E-state index in [9.17, 15) is 12.3 Å². The molecule has 0 aliphatic heterocycles. The Balaban J connectivity index is 2.54. The zero-order valence-corrected chi connectivity index (χ0v) is 8.01. The lowest BCUT2D eigenvalue weighted by Gasteiger charge is -1.93. The van der Waals surface area contributed by atoms with E-state index in [4.69, 9.17) is 0 Å². The maximum Gasteiger partial charge on any atom is 0.306 e. The highest BCUT2D eigenvalue weighted by Crippen LogP contribution is 2.20. The lowest BCUT2D eigenvalue weighted by molar-refractivity contribution is 0.551. The van der Waals surface area contributed by atoms with Gasteiger partial charge in [-0.1, -0.05) is 18.2 Å². The van der Waals surface area contributed by atoms with Crippen molar-refractivity contribution in [2.45, 2.75) is 5.75 Å². The number of aromatic amines is 1. The van der Waals surface area contributed by atoms with Gasteiger partial charge in [-0.05, 0) is 11.6 Å². The Kier molecular flexibility index (Phi) is 2.03. The zero-order valence-electron chi connectivity index (χ0n) is 7.20. The highest BCUT2D eigenvalue weighted by molar-refractivity contribution is 7.85. The Hall–Kier alpha value is -1.36. The van der Waals surface area contributed by atoms with E-state index >= 15 is 0 Å². The molecule has 0 atom stereocenters. The molecule has 0 unspecified atom stereocenters. The monoisotopic (exact) mass is 213 g/mol. The molecular formula is C9H8FNO2S. The van der Waals surface area contributed by atoms with Gasteiger partial charge in [0.2, 0.25) is 0 Å². The number of hydrogen-bond donors (Lipinski definition) is 1. The minimum Gasteiger partial charge on any atom is -0.361 e. The summed E-state index contributed by atoms with van der Waals surface area (Å²) < 4.78 is 33.4. The Morgan fingerprint density at radius 2 is 2.00 bits per heavy atom. The van der Waals surface area contributed by atoms with E-state index in [-0.39, 0.29) is 0 Å². The molecule has 2 rings (SSSR count). The molecule has 0 bridgehead atoms. The number of hydrogen-bond acceptors (Lipinski definition) is 2. The molecule has 1 N–H and O–H groups in total. The maximum atomic E-state index is 12.4.